The van der Waals surface area contributed by atoms with Gasteiger partial charge in [0.2, 0.25) is 0 Å². The number of nitrogens with zero attached hydrogens (tertiary/aromatic N) is 1. The summed E-state index contributed by atoms with van der Waals surface area (Å²) < 4.78 is 18.5. The lowest BCUT2D eigenvalue weighted by Gasteiger charge is -2.26. The molecular formula is C17H18FNO3. The monoisotopic (exact) mass is 303 g/mol. The number of halogens is 1. The van der Waals surface area contributed by atoms with Gasteiger partial charge in [-0.05, 0) is 43.2 Å². The number of benzene rings is 1. The third-order valence-corrected chi connectivity index (χ3v) is 4.08. The molecule has 1 saturated heterocycles. The quantitative estimate of drug-likeness (QED) is 0.944. The van der Waals surface area contributed by atoms with Crippen LogP contribution in [0.2, 0.25) is 0 Å². The Morgan fingerprint density at radius 3 is 3.00 bits per heavy atom. The molecule has 0 saturated carbocycles. The van der Waals surface area contributed by atoms with E-state index >= 15 is 0 Å². The largest absolute Gasteiger partial charge is 0.467 e. The van der Waals surface area contributed by atoms with Gasteiger partial charge in [-0.3, -0.25) is 4.79 Å². The van der Waals surface area contributed by atoms with Gasteiger partial charge in [0.1, 0.15) is 17.7 Å². The molecular weight excluding hydrogens is 285 g/mol. The lowest BCUT2D eigenvalue weighted by Crippen LogP contribution is -2.36. The number of likely N-dealkylation sites (tertiary alicyclic amines) is 1. The van der Waals surface area contributed by atoms with Crippen LogP contribution in [0.5, 0.6) is 0 Å². The summed E-state index contributed by atoms with van der Waals surface area (Å²) in [5.41, 5.74) is 0.347. The lowest BCUT2D eigenvalue weighted by molar-refractivity contribution is 0.0641. The molecule has 3 rings (SSSR count). The van der Waals surface area contributed by atoms with E-state index in [-0.39, 0.29) is 11.9 Å². The summed E-state index contributed by atoms with van der Waals surface area (Å²) in [6, 6.07) is 9.10. The summed E-state index contributed by atoms with van der Waals surface area (Å²) >= 11 is 0. The zero-order valence-electron chi connectivity index (χ0n) is 12.1. The van der Waals surface area contributed by atoms with E-state index in [1.54, 1.807) is 23.1 Å². The molecule has 1 aliphatic rings. The fourth-order valence-corrected chi connectivity index (χ4v) is 2.99. The van der Waals surface area contributed by atoms with Crippen LogP contribution >= 0.6 is 0 Å². The molecule has 1 N–H and O–H groups in total. The molecule has 1 fully saturated rings. The molecule has 116 valence electrons. The standard InChI is InChI=1S/C17H18FNO3/c18-13-5-1-4-12(10-13)17(21)19-8-2-6-14(19)11-15(20)16-7-3-9-22-16/h1,3-5,7,9-10,14-15,20H,2,6,8,11H2. The second kappa shape index (κ2) is 6.32. The van der Waals surface area contributed by atoms with Crippen molar-refractivity contribution in [2.24, 2.45) is 0 Å². The van der Waals surface area contributed by atoms with Crippen molar-refractivity contribution in [1.82, 2.24) is 4.90 Å². The van der Waals surface area contributed by atoms with E-state index in [1.165, 1.54) is 24.5 Å². The average molecular weight is 303 g/mol. The molecule has 2 unspecified atom stereocenters. The van der Waals surface area contributed by atoms with E-state index in [9.17, 15) is 14.3 Å². The SMILES string of the molecule is O=C(c1cccc(F)c1)N1CCCC1CC(O)c1ccco1. The number of furan rings is 1. The van der Waals surface area contributed by atoms with Crippen molar-refractivity contribution in [2.45, 2.75) is 31.4 Å². The number of rotatable bonds is 4. The summed E-state index contributed by atoms with van der Waals surface area (Å²) in [4.78, 5) is 14.3. The van der Waals surface area contributed by atoms with Crippen molar-refractivity contribution in [1.29, 1.82) is 0 Å². The van der Waals surface area contributed by atoms with Crippen molar-refractivity contribution >= 4 is 5.91 Å². The van der Waals surface area contributed by atoms with E-state index in [1.807, 2.05) is 0 Å². The van der Waals surface area contributed by atoms with Crippen molar-refractivity contribution in [3.05, 3.63) is 59.8 Å². The molecule has 0 spiro atoms. The maximum absolute atomic E-state index is 13.3. The third-order valence-electron chi connectivity index (χ3n) is 4.08. The first-order valence-corrected chi connectivity index (χ1v) is 7.43. The van der Waals surface area contributed by atoms with Gasteiger partial charge in [0, 0.05) is 24.6 Å². The van der Waals surface area contributed by atoms with Crippen molar-refractivity contribution in [3.8, 4) is 0 Å². The number of carbonyl (C=O) groups excluding carboxylic acids is 1. The van der Waals surface area contributed by atoms with Gasteiger partial charge in [0.05, 0.1) is 6.26 Å². The molecule has 0 radical (unpaired) electrons. The van der Waals surface area contributed by atoms with Crippen LogP contribution in [0.4, 0.5) is 4.39 Å². The summed E-state index contributed by atoms with van der Waals surface area (Å²) in [6.07, 6.45) is 2.92. The summed E-state index contributed by atoms with van der Waals surface area (Å²) in [5, 5.41) is 10.2. The highest BCUT2D eigenvalue weighted by molar-refractivity contribution is 5.94. The minimum atomic E-state index is -0.735. The number of aliphatic hydroxyl groups excluding tert-OH is 1. The Kier molecular flexibility index (Phi) is 4.24. The Morgan fingerprint density at radius 1 is 1.41 bits per heavy atom. The Hall–Kier alpha value is -2.14. The van der Waals surface area contributed by atoms with Gasteiger partial charge < -0.3 is 14.4 Å². The van der Waals surface area contributed by atoms with Gasteiger partial charge in [0.15, 0.2) is 0 Å². The zero-order chi connectivity index (χ0) is 15.5. The van der Waals surface area contributed by atoms with Crippen LogP contribution < -0.4 is 0 Å². The van der Waals surface area contributed by atoms with Gasteiger partial charge in [-0.1, -0.05) is 6.07 Å². The van der Waals surface area contributed by atoms with Crippen LogP contribution in [0.3, 0.4) is 0 Å². The zero-order valence-corrected chi connectivity index (χ0v) is 12.1. The number of hydrogen-bond acceptors (Lipinski definition) is 3. The van der Waals surface area contributed by atoms with Gasteiger partial charge >= 0.3 is 0 Å². The van der Waals surface area contributed by atoms with E-state index in [0.717, 1.165) is 12.8 Å². The van der Waals surface area contributed by atoms with Crippen molar-refractivity contribution in [3.63, 3.8) is 0 Å². The van der Waals surface area contributed by atoms with Crippen LogP contribution in [0.25, 0.3) is 0 Å². The molecule has 0 bridgehead atoms. The highest BCUT2D eigenvalue weighted by Crippen LogP contribution is 2.28. The number of carbonyl (C=O) groups is 1. The molecule has 2 heterocycles. The average Bonchev–Trinajstić information content (AvgIpc) is 3.18. The summed E-state index contributed by atoms with van der Waals surface area (Å²) in [7, 11) is 0. The predicted molar refractivity (Wildman–Crippen MR) is 78.7 cm³/mol. The first kappa shape index (κ1) is 14.8. The molecule has 1 aromatic carbocycles. The summed E-state index contributed by atoms with van der Waals surface area (Å²) in [5.74, 6) is -0.101. The molecule has 1 aliphatic heterocycles. The molecule has 4 nitrogen and oxygen atoms in total. The molecule has 5 heteroatoms. The first-order chi connectivity index (χ1) is 10.6. The second-order valence-corrected chi connectivity index (χ2v) is 5.57. The van der Waals surface area contributed by atoms with Crippen molar-refractivity contribution in [2.75, 3.05) is 6.54 Å². The van der Waals surface area contributed by atoms with E-state index in [2.05, 4.69) is 0 Å². The van der Waals surface area contributed by atoms with Crippen LogP contribution in [0, 0.1) is 5.82 Å². The van der Waals surface area contributed by atoms with E-state index in [4.69, 9.17) is 4.42 Å². The first-order valence-electron chi connectivity index (χ1n) is 7.43. The molecule has 2 atom stereocenters. The van der Waals surface area contributed by atoms with Gasteiger partial charge in [-0.15, -0.1) is 0 Å². The van der Waals surface area contributed by atoms with E-state index < -0.39 is 11.9 Å². The van der Waals surface area contributed by atoms with Gasteiger partial charge in [0.25, 0.3) is 5.91 Å². The second-order valence-electron chi connectivity index (χ2n) is 5.57. The number of aliphatic hydroxyl groups is 1. The smallest absolute Gasteiger partial charge is 0.254 e. The lowest BCUT2D eigenvalue weighted by atomic mass is 10.0. The Labute approximate surface area is 128 Å². The van der Waals surface area contributed by atoms with Crippen LogP contribution in [0.15, 0.2) is 47.1 Å². The fourth-order valence-electron chi connectivity index (χ4n) is 2.99. The topological polar surface area (TPSA) is 53.7 Å². The highest BCUT2D eigenvalue weighted by Gasteiger charge is 2.31. The Balaban J connectivity index is 1.71. The maximum Gasteiger partial charge on any atom is 0.254 e. The normalized spacial score (nSPS) is 19.4. The molecule has 1 amide bonds. The fraction of sp³-hybridized carbons (Fsp3) is 0.353. The van der Waals surface area contributed by atoms with Crippen LogP contribution in [-0.2, 0) is 0 Å². The number of amides is 1. The van der Waals surface area contributed by atoms with Gasteiger partial charge in [-0.2, -0.15) is 0 Å². The minimum absolute atomic E-state index is 0.0594. The highest BCUT2D eigenvalue weighted by atomic mass is 19.1. The van der Waals surface area contributed by atoms with Gasteiger partial charge in [-0.25, -0.2) is 4.39 Å². The molecule has 1 aromatic heterocycles. The van der Waals surface area contributed by atoms with Crippen LogP contribution in [0.1, 0.15) is 41.5 Å². The predicted octanol–water partition coefficient (Wildman–Crippen LogP) is 3.15. The molecule has 0 aliphatic carbocycles. The molecule has 22 heavy (non-hydrogen) atoms. The summed E-state index contributed by atoms with van der Waals surface area (Å²) in [6.45, 7) is 0.630. The molecule has 2 aromatic rings. The Morgan fingerprint density at radius 2 is 2.27 bits per heavy atom. The maximum atomic E-state index is 13.3. The third kappa shape index (κ3) is 3.04. The van der Waals surface area contributed by atoms with Crippen molar-refractivity contribution < 1.29 is 18.7 Å². The van der Waals surface area contributed by atoms with E-state index in [0.29, 0.717) is 24.3 Å². The Bertz CT molecular complexity index is 641. The number of hydrogen-bond donors (Lipinski definition) is 1. The van der Waals surface area contributed by atoms with Crippen LogP contribution in [-0.4, -0.2) is 28.5 Å². The minimum Gasteiger partial charge on any atom is -0.467 e.